The van der Waals surface area contributed by atoms with E-state index >= 15 is 0 Å². The van der Waals surface area contributed by atoms with Gasteiger partial charge in [0, 0.05) is 18.6 Å². The van der Waals surface area contributed by atoms with Gasteiger partial charge in [-0.2, -0.15) is 12.6 Å². The zero-order valence-electron chi connectivity index (χ0n) is 17.6. The quantitative estimate of drug-likeness (QED) is 0.168. The van der Waals surface area contributed by atoms with Crippen LogP contribution in [0.5, 0.6) is 0 Å². The van der Waals surface area contributed by atoms with Crippen molar-refractivity contribution in [3.8, 4) is 0 Å². The normalized spacial score (nSPS) is 14.3. The van der Waals surface area contributed by atoms with E-state index in [4.69, 9.17) is 16.6 Å². The summed E-state index contributed by atoms with van der Waals surface area (Å²) >= 11 is 3.97. The molecule has 0 radical (unpaired) electrons. The lowest BCUT2D eigenvalue weighted by Crippen LogP contribution is -2.57. The maximum Gasteiger partial charge on any atom is 0.325 e. The Balaban J connectivity index is 3.04. The fourth-order valence-electron chi connectivity index (χ4n) is 2.62. The maximum absolute atomic E-state index is 13.0. The summed E-state index contributed by atoms with van der Waals surface area (Å²) in [7, 11) is 0. The number of carboxylic acid groups (broad SMARTS) is 1. The van der Waals surface area contributed by atoms with Gasteiger partial charge in [-0.05, 0) is 18.9 Å². The van der Waals surface area contributed by atoms with Crippen LogP contribution in [-0.2, 0) is 30.4 Å². The van der Waals surface area contributed by atoms with Crippen molar-refractivity contribution < 1.29 is 29.1 Å². The maximum atomic E-state index is 13.0. The van der Waals surface area contributed by atoms with Crippen LogP contribution in [0.3, 0.4) is 0 Å². The lowest BCUT2D eigenvalue weighted by molar-refractivity contribution is -0.142. The number of carboxylic acids is 1. The first-order chi connectivity index (χ1) is 15.0. The van der Waals surface area contributed by atoms with Gasteiger partial charge in [-0.1, -0.05) is 30.3 Å². The number of nitrogens with two attached hydrogens (primary N) is 2. The predicted octanol–water partition coefficient (Wildman–Crippen LogP) is -1.69. The molecule has 4 amide bonds. The van der Waals surface area contributed by atoms with E-state index in [1.165, 1.54) is 6.92 Å². The van der Waals surface area contributed by atoms with Gasteiger partial charge >= 0.3 is 5.97 Å². The van der Waals surface area contributed by atoms with E-state index < -0.39 is 53.8 Å². The van der Waals surface area contributed by atoms with Gasteiger partial charge in [-0.3, -0.25) is 24.0 Å². The second-order valence-electron chi connectivity index (χ2n) is 7.17. The smallest absolute Gasteiger partial charge is 0.325 e. The molecular formula is C20H29N5O6S. The lowest BCUT2D eigenvalue weighted by Gasteiger charge is -2.24. The van der Waals surface area contributed by atoms with E-state index in [0.29, 0.717) is 0 Å². The number of carbonyl (C=O) groups is 5. The summed E-state index contributed by atoms with van der Waals surface area (Å²) in [6, 6.07) is 4.35. The molecule has 0 aliphatic rings. The summed E-state index contributed by atoms with van der Waals surface area (Å²) < 4.78 is 0. The van der Waals surface area contributed by atoms with Gasteiger partial charge in [0.1, 0.15) is 18.1 Å². The molecule has 32 heavy (non-hydrogen) atoms. The Hall–Kier alpha value is -3.12. The summed E-state index contributed by atoms with van der Waals surface area (Å²) in [5.41, 5.74) is 11.6. The van der Waals surface area contributed by atoms with Crippen molar-refractivity contribution in [2.24, 2.45) is 11.5 Å². The van der Waals surface area contributed by atoms with Crippen molar-refractivity contribution in [2.45, 2.75) is 50.4 Å². The number of hydrogen-bond acceptors (Lipinski definition) is 7. The molecule has 0 fully saturated rings. The molecule has 1 rings (SSSR count). The summed E-state index contributed by atoms with van der Waals surface area (Å²) in [6.45, 7) is 1.25. The molecule has 0 saturated heterocycles. The third-order valence-corrected chi connectivity index (χ3v) is 4.88. The van der Waals surface area contributed by atoms with Crippen LogP contribution in [0.1, 0.15) is 25.3 Å². The van der Waals surface area contributed by atoms with Crippen molar-refractivity contribution >= 4 is 42.2 Å². The summed E-state index contributed by atoms with van der Waals surface area (Å²) in [5, 5.41) is 16.3. The zero-order chi connectivity index (χ0) is 24.3. The van der Waals surface area contributed by atoms with Crippen molar-refractivity contribution in [1.29, 1.82) is 0 Å². The first-order valence-corrected chi connectivity index (χ1v) is 10.5. The Morgan fingerprint density at radius 3 is 2.06 bits per heavy atom. The standard InChI is InChI=1S/C20H29N5O6S/c1-11(20(30)31)23-18(28)14(7-8-16(22)26)24-19(29)15(25-17(27)13(21)10-32)9-12-5-3-2-4-6-12/h2-6,11,13-15,32H,7-10,21H2,1H3,(H2,22,26)(H,23,28)(H,24,29)(H,25,27)(H,30,31). The third kappa shape index (κ3) is 9.35. The predicted molar refractivity (Wildman–Crippen MR) is 120 cm³/mol. The average Bonchev–Trinajstić information content (AvgIpc) is 2.75. The topological polar surface area (TPSA) is 194 Å². The molecule has 0 heterocycles. The van der Waals surface area contributed by atoms with Gasteiger partial charge in [0.15, 0.2) is 0 Å². The molecule has 0 saturated carbocycles. The van der Waals surface area contributed by atoms with Crippen LogP contribution in [-0.4, -0.2) is 64.6 Å². The first kappa shape index (κ1) is 26.9. The first-order valence-electron chi connectivity index (χ1n) is 9.87. The monoisotopic (exact) mass is 467 g/mol. The van der Waals surface area contributed by atoms with Crippen molar-refractivity contribution in [3.05, 3.63) is 35.9 Å². The Labute approximate surface area is 191 Å². The molecule has 4 unspecified atom stereocenters. The van der Waals surface area contributed by atoms with Gasteiger partial charge in [0.25, 0.3) is 0 Å². The van der Waals surface area contributed by atoms with Crippen molar-refractivity contribution in [3.63, 3.8) is 0 Å². The third-order valence-electron chi connectivity index (χ3n) is 4.49. The molecular weight excluding hydrogens is 438 g/mol. The lowest BCUT2D eigenvalue weighted by atomic mass is 10.0. The van der Waals surface area contributed by atoms with Gasteiger partial charge in [0.2, 0.25) is 23.6 Å². The molecule has 0 aliphatic heterocycles. The number of hydrogen-bond donors (Lipinski definition) is 7. The summed E-state index contributed by atoms with van der Waals surface area (Å²) in [4.78, 5) is 59.9. The van der Waals surface area contributed by atoms with E-state index in [0.717, 1.165) is 5.56 Å². The highest BCUT2D eigenvalue weighted by Gasteiger charge is 2.29. The number of rotatable bonds is 13. The number of nitrogens with one attached hydrogen (secondary N) is 3. The van der Waals surface area contributed by atoms with Crippen molar-refractivity contribution in [1.82, 2.24) is 16.0 Å². The molecule has 12 heteroatoms. The van der Waals surface area contributed by atoms with Crippen LogP contribution < -0.4 is 27.4 Å². The molecule has 176 valence electrons. The zero-order valence-corrected chi connectivity index (χ0v) is 18.5. The molecule has 0 spiro atoms. The average molecular weight is 468 g/mol. The fraction of sp³-hybridized carbons (Fsp3) is 0.450. The van der Waals surface area contributed by atoms with E-state index in [1.807, 2.05) is 0 Å². The van der Waals surface area contributed by atoms with E-state index in [-0.39, 0.29) is 25.0 Å². The Kier molecular flexibility index (Phi) is 11.2. The molecule has 0 aromatic heterocycles. The Bertz CT molecular complexity index is 822. The molecule has 1 aromatic rings. The minimum Gasteiger partial charge on any atom is -0.480 e. The molecule has 1 aromatic carbocycles. The largest absolute Gasteiger partial charge is 0.480 e. The Morgan fingerprint density at radius 1 is 0.969 bits per heavy atom. The number of carbonyl (C=O) groups excluding carboxylic acids is 4. The fourth-order valence-corrected chi connectivity index (χ4v) is 2.79. The molecule has 8 N–H and O–H groups in total. The molecule has 11 nitrogen and oxygen atoms in total. The highest BCUT2D eigenvalue weighted by Crippen LogP contribution is 2.06. The highest BCUT2D eigenvalue weighted by molar-refractivity contribution is 7.80. The van der Waals surface area contributed by atoms with Crippen LogP contribution in [0.25, 0.3) is 0 Å². The molecule has 0 bridgehead atoms. The van der Waals surface area contributed by atoms with Crippen LogP contribution in [0.4, 0.5) is 0 Å². The van der Waals surface area contributed by atoms with Crippen LogP contribution in [0.15, 0.2) is 30.3 Å². The number of primary amides is 1. The Morgan fingerprint density at radius 2 is 1.53 bits per heavy atom. The van der Waals surface area contributed by atoms with E-state index in [1.54, 1.807) is 30.3 Å². The molecule has 4 atom stereocenters. The number of thiol groups is 1. The minimum absolute atomic E-state index is 0.0578. The van der Waals surface area contributed by atoms with Crippen LogP contribution in [0.2, 0.25) is 0 Å². The van der Waals surface area contributed by atoms with E-state index in [2.05, 4.69) is 28.6 Å². The van der Waals surface area contributed by atoms with Gasteiger partial charge in [0.05, 0.1) is 6.04 Å². The second-order valence-corrected chi connectivity index (χ2v) is 7.54. The van der Waals surface area contributed by atoms with Crippen LogP contribution >= 0.6 is 12.6 Å². The molecule has 0 aliphatic carbocycles. The van der Waals surface area contributed by atoms with E-state index in [9.17, 15) is 24.0 Å². The van der Waals surface area contributed by atoms with Crippen molar-refractivity contribution in [2.75, 3.05) is 5.75 Å². The summed E-state index contributed by atoms with van der Waals surface area (Å²) in [6.07, 6.45) is -0.269. The van der Waals surface area contributed by atoms with Gasteiger partial charge < -0.3 is 32.5 Å². The minimum atomic E-state index is -1.27. The number of aliphatic carboxylic acids is 1. The number of benzene rings is 1. The van der Waals surface area contributed by atoms with Gasteiger partial charge in [-0.15, -0.1) is 0 Å². The number of amides is 4. The van der Waals surface area contributed by atoms with Gasteiger partial charge in [-0.25, -0.2) is 0 Å². The SMILES string of the molecule is CC(NC(=O)C(CCC(N)=O)NC(=O)C(Cc1ccccc1)NC(=O)C(N)CS)C(=O)O. The second kappa shape index (κ2) is 13.3. The highest BCUT2D eigenvalue weighted by atomic mass is 32.1. The van der Waals surface area contributed by atoms with Crippen LogP contribution in [0, 0.1) is 0 Å². The summed E-state index contributed by atoms with van der Waals surface area (Å²) in [5.74, 6) is -4.02.